The van der Waals surface area contributed by atoms with Gasteiger partial charge in [0.25, 0.3) is 6.43 Å². The van der Waals surface area contributed by atoms with Crippen LogP contribution >= 0.6 is 0 Å². The average molecular weight is 522 g/mol. The number of fused-ring (bicyclic) bond motifs is 1. The van der Waals surface area contributed by atoms with Crippen molar-refractivity contribution in [2.45, 2.75) is 19.0 Å². The van der Waals surface area contributed by atoms with Gasteiger partial charge in [-0.15, -0.1) is 0 Å². The Morgan fingerprint density at radius 2 is 1.84 bits per heavy atom. The zero-order valence-corrected chi connectivity index (χ0v) is 20.4. The van der Waals surface area contributed by atoms with Crippen LogP contribution in [0.5, 0.6) is 5.88 Å². The normalized spacial score (nSPS) is 16.2. The summed E-state index contributed by atoms with van der Waals surface area (Å²) in [5.41, 5.74) is 1.66. The van der Waals surface area contributed by atoms with Crippen LogP contribution in [0.15, 0.2) is 54.7 Å². The molecule has 12 heteroatoms. The van der Waals surface area contributed by atoms with Gasteiger partial charge in [0, 0.05) is 31.0 Å². The number of carbonyl (C=O) groups is 1. The third-order valence-corrected chi connectivity index (χ3v) is 6.53. The minimum atomic E-state index is -2.81. The van der Waals surface area contributed by atoms with Crippen LogP contribution in [0.3, 0.4) is 0 Å². The van der Waals surface area contributed by atoms with Crippen LogP contribution in [0.1, 0.15) is 17.9 Å². The van der Waals surface area contributed by atoms with Crippen LogP contribution in [0.2, 0.25) is 0 Å². The summed E-state index contributed by atoms with van der Waals surface area (Å²) in [7, 11) is 0. The fourth-order valence-electron chi connectivity index (χ4n) is 4.57. The number of imidazole rings is 1. The third-order valence-electron chi connectivity index (χ3n) is 6.53. The van der Waals surface area contributed by atoms with Gasteiger partial charge in [-0.25, -0.2) is 13.8 Å². The molecule has 0 atom stereocenters. The molecule has 0 aliphatic carbocycles. The first-order chi connectivity index (χ1) is 18.5. The first kappa shape index (κ1) is 24.2. The molecule has 2 aliphatic heterocycles. The number of likely N-dealkylation sites (tertiary alicyclic amines) is 1. The number of ether oxygens (including phenoxy) is 2. The van der Waals surface area contributed by atoms with Crippen molar-refractivity contribution in [3.8, 4) is 11.7 Å². The van der Waals surface area contributed by atoms with Crippen molar-refractivity contribution in [1.82, 2.24) is 29.4 Å². The first-order valence-electron chi connectivity index (χ1n) is 12.4. The number of alkyl halides is 2. The van der Waals surface area contributed by atoms with E-state index in [0.717, 1.165) is 0 Å². The molecule has 2 fully saturated rings. The molecule has 0 radical (unpaired) electrons. The van der Waals surface area contributed by atoms with Crippen molar-refractivity contribution in [3.05, 3.63) is 66.2 Å². The van der Waals surface area contributed by atoms with E-state index in [0.29, 0.717) is 62.1 Å². The minimum Gasteiger partial charge on any atom is -0.470 e. The summed E-state index contributed by atoms with van der Waals surface area (Å²) in [5.74, 6) is 0.409. The van der Waals surface area contributed by atoms with Crippen LogP contribution in [0.25, 0.3) is 16.9 Å². The van der Waals surface area contributed by atoms with Gasteiger partial charge in [0.2, 0.25) is 17.7 Å². The van der Waals surface area contributed by atoms with Gasteiger partial charge in [0.1, 0.15) is 11.9 Å². The van der Waals surface area contributed by atoms with Crippen LogP contribution < -0.4 is 9.64 Å². The lowest BCUT2D eigenvalue weighted by Crippen LogP contribution is -2.56. The van der Waals surface area contributed by atoms with Gasteiger partial charge in [-0.1, -0.05) is 18.2 Å². The van der Waals surface area contributed by atoms with Crippen molar-refractivity contribution >= 4 is 22.9 Å². The molecule has 10 nitrogen and oxygen atoms in total. The topological polar surface area (TPSA) is 98.5 Å². The van der Waals surface area contributed by atoms with Gasteiger partial charge in [-0.3, -0.25) is 14.3 Å². The van der Waals surface area contributed by atoms with Gasteiger partial charge in [-0.2, -0.15) is 9.97 Å². The van der Waals surface area contributed by atoms with Crippen LogP contribution in [0, 0.1) is 0 Å². The zero-order valence-electron chi connectivity index (χ0n) is 20.4. The second-order valence-electron chi connectivity index (χ2n) is 9.10. The Labute approximate surface area is 216 Å². The predicted octanol–water partition coefficient (Wildman–Crippen LogP) is 2.82. The highest BCUT2D eigenvalue weighted by Gasteiger charge is 2.33. The maximum atomic E-state index is 14.0. The highest BCUT2D eigenvalue weighted by molar-refractivity contribution is 5.79. The number of hydrogen-bond donors (Lipinski definition) is 0. The number of benzene rings is 1. The van der Waals surface area contributed by atoms with E-state index in [-0.39, 0.29) is 30.1 Å². The Kier molecular flexibility index (Phi) is 6.54. The molecular weight excluding hydrogens is 496 g/mol. The Morgan fingerprint density at radius 3 is 2.61 bits per heavy atom. The lowest BCUT2D eigenvalue weighted by Gasteiger charge is -2.38. The van der Waals surface area contributed by atoms with E-state index in [1.807, 2.05) is 17.0 Å². The van der Waals surface area contributed by atoms with Gasteiger partial charge in [-0.05, 0) is 24.3 Å². The van der Waals surface area contributed by atoms with Gasteiger partial charge < -0.3 is 19.3 Å². The molecule has 0 unspecified atom stereocenters. The number of anilines is 1. The van der Waals surface area contributed by atoms with E-state index >= 15 is 0 Å². The standard InChI is InChI=1S/C26H25F2N7O3/c27-24(28)25-30-19-6-1-2-7-20(19)35(25)21-14-22(32-26(31-21)33-9-11-37-12-10-33)38-18-15-34(16-18)23(36)13-17-5-3-4-8-29-17/h1-8,14,18,24H,9-13,15-16H2. The van der Waals surface area contributed by atoms with Crippen molar-refractivity contribution in [2.75, 3.05) is 44.3 Å². The van der Waals surface area contributed by atoms with E-state index in [1.54, 1.807) is 47.5 Å². The lowest BCUT2D eigenvalue weighted by atomic mass is 10.1. The first-order valence-corrected chi connectivity index (χ1v) is 12.4. The Hall–Kier alpha value is -4.19. The molecule has 0 spiro atoms. The minimum absolute atomic E-state index is 0.0348. The number of rotatable bonds is 7. The highest BCUT2D eigenvalue weighted by Crippen LogP contribution is 2.30. The molecule has 38 heavy (non-hydrogen) atoms. The maximum absolute atomic E-state index is 14.0. The molecule has 0 saturated carbocycles. The zero-order chi connectivity index (χ0) is 26.1. The smallest absolute Gasteiger partial charge is 0.296 e. The summed E-state index contributed by atoms with van der Waals surface area (Å²) in [6, 6.07) is 13.9. The third kappa shape index (κ3) is 4.86. The van der Waals surface area contributed by atoms with Crippen LogP contribution in [-0.2, 0) is 16.0 Å². The number of pyridine rings is 1. The molecule has 1 aromatic carbocycles. The summed E-state index contributed by atoms with van der Waals surface area (Å²) in [6.45, 7) is 2.94. The Bertz CT molecular complexity index is 1440. The Morgan fingerprint density at radius 1 is 1.05 bits per heavy atom. The molecule has 6 rings (SSSR count). The second kappa shape index (κ2) is 10.3. The number of halogens is 2. The molecule has 2 saturated heterocycles. The lowest BCUT2D eigenvalue weighted by molar-refractivity contribution is -0.139. The number of amides is 1. The fraction of sp³-hybridized carbons (Fsp3) is 0.346. The van der Waals surface area contributed by atoms with Crippen LogP contribution in [0.4, 0.5) is 14.7 Å². The second-order valence-corrected chi connectivity index (χ2v) is 9.10. The number of nitrogens with zero attached hydrogens (tertiary/aromatic N) is 7. The summed E-state index contributed by atoms with van der Waals surface area (Å²) in [5, 5.41) is 0. The summed E-state index contributed by atoms with van der Waals surface area (Å²) in [4.78, 5) is 33.8. The number of carbonyl (C=O) groups excluding carboxylic acids is 1. The van der Waals surface area contributed by atoms with Crippen molar-refractivity contribution in [2.24, 2.45) is 0 Å². The molecule has 0 bridgehead atoms. The number of morpholine rings is 1. The van der Waals surface area contributed by atoms with E-state index in [2.05, 4.69) is 19.9 Å². The van der Waals surface area contributed by atoms with Crippen molar-refractivity contribution < 1.29 is 23.0 Å². The number of para-hydroxylation sites is 2. The van der Waals surface area contributed by atoms with E-state index in [9.17, 15) is 13.6 Å². The molecule has 196 valence electrons. The van der Waals surface area contributed by atoms with E-state index in [1.165, 1.54) is 4.57 Å². The largest absolute Gasteiger partial charge is 0.470 e. The maximum Gasteiger partial charge on any atom is 0.296 e. The van der Waals surface area contributed by atoms with Gasteiger partial charge in [0.05, 0.1) is 43.8 Å². The molecule has 5 heterocycles. The van der Waals surface area contributed by atoms with Gasteiger partial charge in [0.15, 0.2) is 5.82 Å². The monoisotopic (exact) mass is 521 g/mol. The summed E-state index contributed by atoms with van der Waals surface area (Å²) in [6.07, 6.45) is -1.21. The van der Waals surface area contributed by atoms with Crippen LogP contribution in [-0.4, -0.2) is 80.8 Å². The molecular formula is C26H25F2N7O3. The quantitative estimate of drug-likeness (QED) is 0.366. The van der Waals surface area contributed by atoms with Gasteiger partial charge >= 0.3 is 0 Å². The molecule has 0 N–H and O–H groups in total. The van der Waals surface area contributed by atoms with E-state index < -0.39 is 12.2 Å². The van der Waals surface area contributed by atoms with Crippen molar-refractivity contribution in [3.63, 3.8) is 0 Å². The van der Waals surface area contributed by atoms with Crippen molar-refractivity contribution in [1.29, 1.82) is 0 Å². The average Bonchev–Trinajstić information content (AvgIpc) is 3.31. The summed E-state index contributed by atoms with van der Waals surface area (Å²) < 4.78 is 41.0. The SMILES string of the molecule is O=C(Cc1ccccn1)N1CC(Oc2cc(-n3c(C(F)F)nc4ccccc43)nc(N3CCOCC3)n2)C1. The molecule has 4 aromatic rings. The predicted molar refractivity (Wildman–Crippen MR) is 134 cm³/mol. The number of hydrogen-bond acceptors (Lipinski definition) is 8. The molecule has 3 aromatic heterocycles. The summed E-state index contributed by atoms with van der Waals surface area (Å²) >= 11 is 0. The fourth-order valence-corrected chi connectivity index (χ4v) is 4.57. The highest BCUT2D eigenvalue weighted by atomic mass is 19.3. The molecule has 1 amide bonds. The number of aromatic nitrogens is 5. The Balaban J connectivity index is 1.27. The van der Waals surface area contributed by atoms with E-state index in [4.69, 9.17) is 9.47 Å². The molecule has 2 aliphatic rings.